The van der Waals surface area contributed by atoms with Crippen molar-refractivity contribution in [3.05, 3.63) is 59.2 Å². The van der Waals surface area contributed by atoms with Crippen LogP contribution in [0.1, 0.15) is 10.4 Å². The summed E-state index contributed by atoms with van der Waals surface area (Å²) in [7, 11) is 0. The Morgan fingerprint density at radius 3 is 2.81 bits per heavy atom. The predicted molar refractivity (Wildman–Crippen MR) is 107 cm³/mol. The third-order valence-corrected chi connectivity index (χ3v) is 6.25. The van der Waals surface area contributed by atoms with Crippen molar-refractivity contribution < 1.29 is 0 Å². The third-order valence-electron chi connectivity index (χ3n) is 5.07. The lowest BCUT2D eigenvalue weighted by molar-refractivity contribution is 1.10. The van der Waals surface area contributed by atoms with Crippen LogP contribution >= 0.6 is 11.3 Å². The van der Waals surface area contributed by atoms with Gasteiger partial charge in [-0.25, -0.2) is 4.98 Å². The molecular weight excluding hydrogens is 356 g/mol. The first-order valence-electron chi connectivity index (χ1n) is 8.62. The second-order valence-electron chi connectivity index (χ2n) is 6.69. The summed E-state index contributed by atoms with van der Waals surface area (Å²) in [5, 5.41) is 16.1. The molecule has 0 amide bonds. The molecule has 0 bridgehead atoms. The normalized spacial score (nSPS) is 12.4. The van der Waals surface area contributed by atoms with Crippen LogP contribution < -0.4 is 5.73 Å². The van der Waals surface area contributed by atoms with Gasteiger partial charge in [0.2, 0.25) is 0 Å². The van der Waals surface area contributed by atoms with Gasteiger partial charge in [-0.05, 0) is 24.3 Å². The molecule has 27 heavy (non-hydrogen) atoms. The number of fused-ring (bicyclic) bond motifs is 4. The van der Waals surface area contributed by atoms with Crippen LogP contribution in [0, 0.1) is 0 Å². The maximum absolute atomic E-state index is 5.70. The van der Waals surface area contributed by atoms with Gasteiger partial charge < -0.3 is 5.73 Å². The first-order valence-corrected chi connectivity index (χ1v) is 9.43. The van der Waals surface area contributed by atoms with Crippen LogP contribution in [0.3, 0.4) is 0 Å². The Labute approximate surface area is 158 Å². The zero-order valence-corrected chi connectivity index (χ0v) is 15.0. The van der Waals surface area contributed by atoms with E-state index in [2.05, 4.69) is 49.6 Å². The van der Waals surface area contributed by atoms with Gasteiger partial charge in [0.15, 0.2) is 0 Å². The largest absolute Gasteiger partial charge is 0.384 e. The number of aromatic nitrogens is 5. The maximum Gasteiger partial charge on any atom is 0.123 e. The van der Waals surface area contributed by atoms with Crippen molar-refractivity contribution in [1.82, 2.24) is 25.4 Å². The van der Waals surface area contributed by atoms with Crippen molar-refractivity contribution >= 4 is 28.1 Å². The fraction of sp³-hybridized carbons (Fsp3) is 0.0500. The van der Waals surface area contributed by atoms with Gasteiger partial charge >= 0.3 is 0 Å². The predicted octanol–water partition coefficient (Wildman–Crippen LogP) is 4.23. The van der Waals surface area contributed by atoms with Gasteiger partial charge in [0.05, 0.1) is 23.1 Å². The van der Waals surface area contributed by atoms with E-state index in [4.69, 9.17) is 5.73 Å². The van der Waals surface area contributed by atoms with E-state index in [0.717, 1.165) is 39.8 Å². The Morgan fingerprint density at radius 1 is 1.00 bits per heavy atom. The monoisotopic (exact) mass is 370 g/mol. The zero-order chi connectivity index (χ0) is 18.0. The molecule has 1 aromatic carbocycles. The molecule has 130 valence electrons. The second kappa shape index (κ2) is 5.28. The molecule has 4 aromatic heterocycles. The van der Waals surface area contributed by atoms with Crippen LogP contribution in [0.5, 0.6) is 0 Å². The lowest BCUT2D eigenvalue weighted by Gasteiger charge is -2.01. The molecule has 0 saturated carbocycles. The van der Waals surface area contributed by atoms with Gasteiger partial charge in [-0.2, -0.15) is 10.2 Å². The SMILES string of the molecule is Nc1ccc(-c2cc3c(s2)Cc2c(-c4ccc5cn[nH]c5c4)n[nH]c2-3)cn1. The van der Waals surface area contributed by atoms with Crippen molar-refractivity contribution in [2.24, 2.45) is 0 Å². The highest BCUT2D eigenvalue weighted by Crippen LogP contribution is 2.46. The van der Waals surface area contributed by atoms with E-state index in [9.17, 15) is 0 Å². The molecular formula is C20H14N6S. The minimum Gasteiger partial charge on any atom is -0.384 e. The van der Waals surface area contributed by atoms with E-state index >= 15 is 0 Å². The van der Waals surface area contributed by atoms with Gasteiger partial charge in [-0.3, -0.25) is 10.2 Å². The van der Waals surface area contributed by atoms with Crippen LogP contribution in [0.2, 0.25) is 0 Å². The number of rotatable bonds is 2. The summed E-state index contributed by atoms with van der Waals surface area (Å²) in [5.41, 5.74) is 13.5. The average molecular weight is 370 g/mol. The Bertz CT molecular complexity index is 1310. The van der Waals surface area contributed by atoms with Crippen LogP contribution in [-0.4, -0.2) is 25.4 Å². The topological polar surface area (TPSA) is 96.3 Å². The van der Waals surface area contributed by atoms with Gasteiger partial charge in [-0.1, -0.05) is 12.1 Å². The smallest absolute Gasteiger partial charge is 0.123 e. The summed E-state index contributed by atoms with van der Waals surface area (Å²) in [5.74, 6) is 0.539. The fourth-order valence-corrected chi connectivity index (χ4v) is 4.88. The van der Waals surface area contributed by atoms with Crippen molar-refractivity contribution in [2.45, 2.75) is 6.42 Å². The third kappa shape index (κ3) is 2.15. The molecule has 6 rings (SSSR count). The number of pyridine rings is 1. The number of hydrogen-bond donors (Lipinski definition) is 3. The molecule has 7 heteroatoms. The molecule has 4 N–H and O–H groups in total. The van der Waals surface area contributed by atoms with E-state index in [-0.39, 0.29) is 0 Å². The second-order valence-corrected chi connectivity index (χ2v) is 7.83. The van der Waals surface area contributed by atoms with Crippen molar-refractivity contribution in [1.29, 1.82) is 0 Å². The molecule has 1 aliphatic carbocycles. The molecule has 4 heterocycles. The molecule has 6 nitrogen and oxygen atoms in total. The van der Waals surface area contributed by atoms with Gasteiger partial charge in [0.1, 0.15) is 5.82 Å². The van der Waals surface area contributed by atoms with Gasteiger partial charge in [0.25, 0.3) is 0 Å². The quantitative estimate of drug-likeness (QED) is 0.425. The summed E-state index contributed by atoms with van der Waals surface area (Å²) in [6, 6.07) is 12.4. The van der Waals surface area contributed by atoms with Crippen LogP contribution in [0.15, 0.2) is 48.8 Å². The molecule has 0 spiro atoms. The highest BCUT2D eigenvalue weighted by atomic mass is 32.1. The van der Waals surface area contributed by atoms with Gasteiger partial charge in [-0.15, -0.1) is 11.3 Å². The fourth-order valence-electron chi connectivity index (χ4n) is 3.71. The number of nitrogens with zero attached hydrogens (tertiary/aromatic N) is 3. The summed E-state index contributed by atoms with van der Waals surface area (Å²) >= 11 is 1.81. The molecule has 0 unspecified atom stereocenters. The van der Waals surface area contributed by atoms with Crippen molar-refractivity contribution in [2.75, 3.05) is 5.73 Å². The van der Waals surface area contributed by atoms with E-state index in [1.807, 2.05) is 24.5 Å². The zero-order valence-electron chi connectivity index (χ0n) is 14.2. The number of benzene rings is 1. The highest BCUT2D eigenvalue weighted by molar-refractivity contribution is 7.16. The van der Waals surface area contributed by atoms with Crippen molar-refractivity contribution in [3.8, 4) is 33.0 Å². The number of H-pyrrole nitrogens is 2. The van der Waals surface area contributed by atoms with Crippen LogP contribution in [-0.2, 0) is 6.42 Å². The molecule has 1 aliphatic rings. The standard InChI is InChI=1S/C20H14N6S/c21-18-4-3-12(8-22-18)16-6-13-17(27-16)7-14-19(25-26-20(13)14)10-1-2-11-9-23-24-15(11)5-10/h1-6,8-9H,7H2,(H2,21,22)(H,23,24)(H,25,26). The molecule has 0 aliphatic heterocycles. The highest BCUT2D eigenvalue weighted by Gasteiger charge is 2.27. The van der Waals surface area contributed by atoms with E-state index in [1.165, 1.54) is 20.9 Å². The average Bonchev–Trinajstić information content (AvgIpc) is 3.42. The van der Waals surface area contributed by atoms with Crippen LogP contribution in [0.4, 0.5) is 5.82 Å². The van der Waals surface area contributed by atoms with Crippen LogP contribution in [0.25, 0.3) is 43.9 Å². The first kappa shape index (κ1) is 14.7. The minimum absolute atomic E-state index is 0.539. The number of nitrogen functional groups attached to an aromatic ring is 1. The summed E-state index contributed by atoms with van der Waals surface area (Å²) < 4.78 is 0. The molecule has 0 saturated heterocycles. The number of hydrogen-bond acceptors (Lipinski definition) is 5. The summed E-state index contributed by atoms with van der Waals surface area (Å²) in [6.07, 6.45) is 4.55. The molecule has 0 atom stereocenters. The molecule has 0 radical (unpaired) electrons. The summed E-state index contributed by atoms with van der Waals surface area (Å²) in [4.78, 5) is 6.76. The van der Waals surface area contributed by atoms with Crippen molar-refractivity contribution in [3.63, 3.8) is 0 Å². The number of aromatic amines is 2. The lowest BCUT2D eigenvalue weighted by atomic mass is 10.0. The number of thiophene rings is 1. The van der Waals surface area contributed by atoms with E-state index in [1.54, 1.807) is 11.3 Å². The Balaban J connectivity index is 1.42. The first-order chi connectivity index (χ1) is 13.3. The maximum atomic E-state index is 5.70. The van der Waals surface area contributed by atoms with Gasteiger partial charge in [0, 0.05) is 50.0 Å². The Hall–Kier alpha value is -3.45. The number of nitrogens with one attached hydrogen (secondary N) is 2. The minimum atomic E-state index is 0.539. The molecule has 0 fully saturated rings. The Morgan fingerprint density at radius 2 is 1.93 bits per heavy atom. The number of nitrogens with two attached hydrogens (primary N) is 1. The van der Waals surface area contributed by atoms with E-state index in [0.29, 0.717) is 5.82 Å². The Kier molecular flexibility index (Phi) is 2.87. The molecule has 5 aromatic rings. The summed E-state index contributed by atoms with van der Waals surface area (Å²) in [6.45, 7) is 0. The number of anilines is 1. The van der Waals surface area contributed by atoms with E-state index < -0.39 is 0 Å². The lowest BCUT2D eigenvalue weighted by Crippen LogP contribution is -1.88.